The first-order valence-electron chi connectivity index (χ1n) is 9.36. The van der Waals surface area contributed by atoms with Crippen LogP contribution >= 0.6 is 11.3 Å². The Morgan fingerprint density at radius 1 is 1.23 bits per heavy atom. The number of carbonyl (C=O) groups excluding carboxylic acids is 1. The molecule has 1 aromatic heterocycles. The molecule has 1 aromatic carbocycles. The third kappa shape index (κ3) is 5.08. The number of thiophene rings is 1. The second-order valence-corrected chi connectivity index (χ2v) is 7.81. The Morgan fingerprint density at radius 3 is 2.77 bits per heavy atom. The van der Waals surface area contributed by atoms with Gasteiger partial charge in [-0.2, -0.15) is 11.3 Å². The number of hydrogen-bond acceptors (Lipinski definition) is 4. The maximum absolute atomic E-state index is 12.3. The number of ether oxygens (including phenoxy) is 1. The molecule has 1 atom stereocenters. The predicted octanol–water partition coefficient (Wildman–Crippen LogP) is 4.09. The number of hydrogen-bond donors (Lipinski definition) is 1. The number of aryl methyl sites for hydroxylation is 2. The van der Waals surface area contributed by atoms with E-state index in [9.17, 15) is 4.79 Å². The van der Waals surface area contributed by atoms with Crippen molar-refractivity contribution in [2.75, 3.05) is 26.2 Å². The molecule has 5 heteroatoms. The normalized spacial score (nSPS) is 16.2. The summed E-state index contributed by atoms with van der Waals surface area (Å²) in [7, 11) is 0. The summed E-state index contributed by atoms with van der Waals surface area (Å²) in [5, 5.41) is 7.37. The number of carbonyl (C=O) groups is 1. The van der Waals surface area contributed by atoms with Crippen molar-refractivity contribution in [1.82, 2.24) is 10.2 Å². The van der Waals surface area contributed by atoms with E-state index in [2.05, 4.69) is 27.0 Å². The van der Waals surface area contributed by atoms with Crippen LogP contribution in [0, 0.1) is 13.8 Å². The first-order valence-corrected chi connectivity index (χ1v) is 10.3. The minimum Gasteiger partial charge on any atom is -0.483 e. The topological polar surface area (TPSA) is 41.6 Å². The third-order valence-corrected chi connectivity index (χ3v) is 5.66. The smallest absolute Gasteiger partial charge is 0.258 e. The van der Waals surface area contributed by atoms with Crippen molar-refractivity contribution in [3.8, 4) is 5.75 Å². The molecule has 2 heterocycles. The fourth-order valence-corrected chi connectivity index (χ4v) is 4.13. The molecule has 1 aliphatic heterocycles. The van der Waals surface area contributed by atoms with Crippen molar-refractivity contribution < 1.29 is 9.53 Å². The molecule has 1 amide bonds. The highest BCUT2D eigenvalue weighted by Crippen LogP contribution is 2.26. The minimum absolute atomic E-state index is 0.0562. The number of nitrogens with one attached hydrogen (secondary N) is 1. The van der Waals surface area contributed by atoms with Gasteiger partial charge in [-0.15, -0.1) is 0 Å². The van der Waals surface area contributed by atoms with Crippen LogP contribution in [-0.4, -0.2) is 37.0 Å². The molecule has 3 rings (SSSR count). The van der Waals surface area contributed by atoms with Crippen LogP contribution in [0.4, 0.5) is 0 Å². The lowest BCUT2D eigenvalue weighted by molar-refractivity contribution is -0.123. The van der Waals surface area contributed by atoms with Crippen molar-refractivity contribution in [3.05, 3.63) is 51.7 Å². The molecule has 140 valence electrons. The van der Waals surface area contributed by atoms with Crippen LogP contribution in [0.25, 0.3) is 0 Å². The molecule has 0 bridgehead atoms. The average Bonchev–Trinajstić information content (AvgIpc) is 3.18. The molecular formula is C21H28N2O2S. The number of nitrogens with zero attached hydrogens (tertiary/aromatic N) is 1. The number of likely N-dealkylation sites (tertiary alicyclic amines) is 1. The summed E-state index contributed by atoms with van der Waals surface area (Å²) in [5.74, 6) is 0.716. The van der Waals surface area contributed by atoms with Gasteiger partial charge < -0.3 is 10.1 Å². The lowest BCUT2D eigenvalue weighted by atomic mass is 10.0. The number of piperidine rings is 1. The van der Waals surface area contributed by atoms with Gasteiger partial charge in [0.2, 0.25) is 0 Å². The van der Waals surface area contributed by atoms with E-state index in [1.54, 1.807) is 11.3 Å². The van der Waals surface area contributed by atoms with Gasteiger partial charge in [0.15, 0.2) is 6.61 Å². The molecule has 1 saturated heterocycles. The van der Waals surface area contributed by atoms with Crippen LogP contribution in [0.5, 0.6) is 5.75 Å². The molecule has 1 fully saturated rings. The van der Waals surface area contributed by atoms with Crippen molar-refractivity contribution in [3.63, 3.8) is 0 Å². The Labute approximate surface area is 160 Å². The Morgan fingerprint density at radius 2 is 2.04 bits per heavy atom. The van der Waals surface area contributed by atoms with Crippen LogP contribution < -0.4 is 10.1 Å². The van der Waals surface area contributed by atoms with E-state index in [0.717, 1.165) is 30.0 Å². The zero-order chi connectivity index (χ0) is 18.4. The van der Waals surface area contributed by atoms with Gasteiger partial charge >= 0.3 is 0 Å². The Bertz CT molecular complexity index is 709. The van der Waals surface area contributed by atoms with Gasteiger partial charge in [-0.25, -0.2) is 0 Å². The van der Waals surface area contributed by atoms with Crippen molar-refractivity contribution in [1.29, 1.82) is 0 Å². The fraction of sp³-hybridized carbons (Fsp3) is 0.476. The van der Waals surface area contributed by atoms with Crippen molar-refractivity contribution in [2.24, 2.45) is 0 Å². The molecule has 2 aromatic rings. The maximum atomic E-state index is 12.3. The summed E-state index contributed by atoms with van der Waals surface area (Å²) >= 11 is 1.71. The lowest BCUT2D eigenvalue weighted by Crippen LogP contribution is -2.41. The number of benzene rings is 1. The molecule has 0 saturated carbocycles. The van der Waals surface area contributed by atoms with Crippen LogP contribution in [0.1, 0.15) is 42.0 Å². The van der Waals surface area contributed by atoms with E-state index < -0.39 is 0 Å². The SMILES string of the molecule is Cc1ccc(C)c(OCC(=O)NCC(c2ccsc2)N2CCCCC2)c1. The molecule has 1 N–H and O–H groups in total. The van der Waals surface area contributed by atoms with E-state index in [1.165, 1.54) is 24.8 Å². The van der Waals surface area contributed by atoms with Gasteiger partial charge in [-0.1, -0.05) is 18.6 Å². The van der Waals surface area contributed by atoms with E-state index >= 15 is 0 Å². The first-order chi connectivity index (χ1) is 12.6. The molecule has 1 aliphatic rings. The Kier molecular flexibility index (Phi) is 6.69. The van der Waals surface area contributed by atoms with Gasteiger partial charge in [0.1, 0.15) is 5.75 Å². The highest BCUT2D eigenvalue weighted by molar-refractivity contribution is 7.07. The first kappa shape index (κ1) is 18.9. The highest BCUT2D eigenvalue weighted by Gasteiger charge is 2.23. The second kappa shape index (κ2) is 9.19. The summed E-state index contributed by atoms with van der Waals surface area (Å²) in [6.45, 7) is 6.92. The lowest BCUT2D eigenvalue weighted by Gasteiger charge is -2.34. The van der Waals surface area contributed by atoms with Crippen LogP contribution in [0.3, 0.4) is 0 Å². The Hall–Kier alpha value is -1.85. The summed E-state index contributed by atoms with van der Waals surface area (Å²) in [4.78, 5) is 14.8. The van der Waals surface area contributed by atoms with Crippen LogP contribution in [0.2, 0.25) is 0 Å². The zero-order valence-electron chi connectivity index (χ0n) is 15.7. The predicted molar refractivity (Wildman–Crippen MR) is 107 cm³/mol. The van der Waals surface area contributed by atoms with E-state index in [4.69, 9.17) is 4.74 Å². The summed E-state index contributed by atoms with van der Waals surface area (Å²) in [5.41, 5.74) is 3.48. The van der Waals surface area contributed by atoms with Gasteiger partial charge in [0.05, 0.1) is 6.04 Å². The van der Waals surface area contributed by atoms with E-state index in [0.29, 0.717) is 6.54 Å². The van der Waals surface area contributed by atoms with Crippen molar-refractivity contribution >= 4 is 17.2 Å². The van der Waals surface area contributed by atoms with Crippen LogP contribution in [0.15, 0.2) is 35.0 Å². The van der Waals surface area contributed by atoms with Gasteiger partial charge in [-0.05, 0) is 79.4 Å². The molecule has 0 spiro atoms. The molecule has 1 unspecified atom stereocenters. The molecule has 0 aliphatic carbocycles. The number of amides is 1. The summed E-state index contributed by atoms with van der Waals surface area (Å²) in [6.07, 6.45) is 3.79. The molecule has 4 nitrogen and oxygen atoms in total. The summed E-state index contributed by atoms with van der Waals surface area (Å²) in [6, 6.07) is 8.47. The van der Waals surface area contributed by atoms with Gasteiger partial charge in [0, 0.05) is 6.54 Å². The van der Waals surface area contributed by atoms with Gasteiger partial charge in [-0.3, -0.25) is 9.69 Å². The quantitative estimate of drug-likeness (QED) is 0.796. The standard InChI is InChI=1S/C21H28N2O2S/c1-16-6-7-17(2)20(12-16)25-14-21(24)22-13-19(18-8-11-26-15-18)23-9-4-3-5-10-23/h6-8,11-12,15,19H,3-5,9-10,13-14H2,1-2H3,(H,22,24). The highest BCUT2D eigenvalue weighted by atomic mass is 32.1. The average molecular weight is 373 g/mol. The third-order valence-electron chi connectivity index (χ3n) is 4.95. The second-order valence-electron chi connectivity index (χ2n) is 7.03. The Balaban J connectivity index is 1.54. The van der Waals surface area contributed by atoms with Crippen LogP contribution in [-0.2, 0) is 4.79 Å². The van der Waals surface area contributed by atoms with Crippen molar-refractivity contribution in [2.45, 2.75) is 39.2 Å². The zero-order valence-corrected chi connectivity index (χ0v) is 16.5. The molecule has 26 heavy (non-hydrogen) atoms. The number of rotatable bonds is 7. The molecular weight excluding hydrogens is 344 g/mol. The molecule has 0 radical (unpaired) electrons. The maximum Gasteiger partial charge on any atom is 0.258 e. The van der Waals surface area contributed by atoms with Gasteiger partial charge in [0.25, 0.3) is 5.91 Å². The van der Waals surface area contributed by atoms with E-state index in [-0.39, 0.29) is 18.6 Å². The monoisotopic (exact) mass is 372 g/mol. The fourth-order valence-electron chi connectivity index (χ4n) is 3.42. The largest absolute Gasteiger partial charge is 0.483 e. The summed E-state index contributed by atoms with van der Waals surface area (Å²) < 4.78 is 5.72. The minimum atomic E-state index is -0.0665. The van der Waals surface area contributed by atoms with E-state index in [1.807, 2.05) is 32.0 Å².